The van der Waals surface area contributed by atoms with Crippen molar-refractivity contribution < 1.29 is 4.79 Å². The number of hydrogen-bond donors (Lipinski definition) is 1. The molecule has 0 aliphatic carbocycles. The van der Waals surface area contributed by atoms with E-state index in [0.29, 0.717) is 15.7 Å². The van der Waals surface area contributed by atoms with Crippen molar-refractivity contribution in [1.29, 1.82) is 0 Å². The summed E-state index contributed by atoms with van der Waals surface area (Å²) in [5.74, 6) is -0.559. The molecule has 0 bridgehead atoms. The Morgan fingerprint density at radius 1 is 0.792 bits per heavy atom. The van der Waals surface area contributed by atoms with Crippen LogP contribution in [-0.2, 0) is 4.79 Å². The lowest BCUT2D eigenvalue weighted by molar-refractivity contribution is -0.116. The normalized spacial score (nSPS) is 10.6. The first-order valence-corrected chi connectivity index (χ1v) is 8.26. The van der Waals surface area contributed by atoms with Gasteiger partial charge in [0.15, 0.2) is 0 Å². The zero-order chi connectivity index (χ0) is 16.9. The highest BCUT2D eigenvalue weighted by Crippen LogP contribution is 2.29. The van der Waals surface area contributed by atoms with Gasteiger partial charge in [-0.25, -0.2) is 0 Å². The Kier molecular flexibility index (Phi) is 5.19. The Hall–Kier alpha value is -2.29. The number of halogens is 2. The third-order valence-corrected chi connectivity index (χ3v) is 4.26. The van der Waals surface area contributed by atoms with Crippen LogP contribution in [0.4, 0.5) is 5.69 Å². The van der Waals surface area contributed by atoms with Crippen LogP contribution in [0.5, 0.6) is 0 Å². The summed E-state index contributed by atoms with van der Waals surface area (Å²) in [5, 5.41) is 3.85. The summed E-state index contributed by atoms with van der Waals surface area (Å²) >= 11 is 12.1. The lowest BCUT2D eigenvalue weighted by Gasteiger charge is -2.18. The van der Waals surface area contributed by atoms with Gasteiger partial charge in [-0.1, -0.05) is 83.9 Å². The number of anilines is 1. The van der Waals surface area contributed by atoms with Gasteiger partial charge in [-0.15, -0.1) is 0 Å². The van der Waals surface area contributed by atoms with E-state index in [1.807, 2.05) is 60.7 Å². The molecule has 0 saturated heterocycles. The molecule has 1 N–H and O–H groups in total. The Labute approximate surface area is 151 Å². The zero-order valence-corrected chi connectivity index (χ0v) is 14.3. The van der Waals surface area contributed by atoms with Crippen LogP contribution >= 0.6 is 23.2 Å². The number of rotatable bonds is 4. The molecule has 120 valence electrons. The van der Waals surface area contributed by atoms with Crippen LogP contribution < -0.4 is 5.32 Å². The van der Waals surface area contributed by atoms with Gasteiger partial charge in [0.25, 0.3) is 0 Å². The van der Waals surface area contributed by atoms with Gasteiger partial charge in [-0.05, 0) is 29.3 Å². The van der Waals surface area contributed by atoms with Crippen molar-refractivity contribution in [2.24, 2.45) is 0 Å². The van der Waals surface area contributed by atoms with Gasteiger partial charge in [0.2, 0.25) is 5.91 Å². The average Bonchev–Trinajstić information content (AvgIpc) is 2.60. The average molecular weight is 356 g/mol. The molecular weight excluding hydrogens is 341 g/mol. The van der Waals surface area contributed by atoms with Crippen molar-refractivity contribution in [2.75, 3.05) is 5.32 Å². The topological polar surface area (TPSA) is 29.1 Å². The summed E-state index contributed by atoms with van der Waals surface area (Å²) in [6, 6.07) is 24.3. The van der Waals surface area contributed by atoms with Crippen LogP contribution in [0.1, 0.15) is 17.0 Å². The van der Waals surface area contributed by atoms with Crippen molar-refractivity contribution in [1.82, 2.24) is 0 Å². The van der Waals surface area contributed by atoms with Gasteiger partial charge in [0.05, 0.1) is 16.6 Å². The molecule has 3 rings (SSSR count). The van der Waals surface area contributed by atoms with Crippen LogP contribution in [0.25, 0.3) is 0 Å². The van der Waals surface area contributed by atoms with E-state index < -0.39 is 5.92 Å². The molecule has 3 aromatic rings. The van der Waals surface area contributed by atoms with Crippen LogP contribution in [0, 0.1) is 0 Å². The number of hydrogen-bond acceptors (Lipinski definition) is 1. The summed E-state index contributed by atoms with van der Waals surface area (Å²) in [7, 11) is 0. The maximum atomic E-state index is 12.9. The molecule has 0 spiro atoms. The molecule has 2 nitrogen and oxygen atoms in total. The first-order valence-electron chi connectivity index (χ1n) is 7.51. The maximum absolute atomic E-state index is 12.9. The van der Waals surface area contributed by atoms with E-state index in [2.05, 4.69) is 5.32 Å². The standard InChI is InChI=1S/C20H15Cl2NO/c21-16-11-12-18(17(22)13-16)23-20(24)19(14-7-3-1-4-8-14)15-9-5-2-6-10-15/h1-13,19H,(H,23,24). The Balaban J connectivity index is 1.95. The minimum atomic E-state index is -0.417. The first-order chi connectivity index (χ1) is 11.6. The minimum absolute atomic E-state index is 0.142. The molecule has 0 heterocycles. The fraction of sp³-hybridized carbons (Fsp3) is 0.0500. The van der Waals surface area contributed by atoms with Crippen LogP contribution in [0.15, 0.2) is 78.9 Å². The summed E-state index contributed by atoms with van der Waals surface area (Å²) in [6.07, 6.45) is 0. The van der Waals surface area contributed by atoms with Crippen LogP contribution in [-0.4, -0.2) is 5.91 Å². The highest BCUT2D eigenvalue weighted by Gasteiger charge is 2.23. The molecule has 24 heavy (non-hydrogen) atoms. The second kappa shape index (κ2) is 7.52. The lowest BCUT2D eigenvalue weighted by Crippen LogP contribution is -2.22. The molecule has 0 aliphatic rings. The molecule has 0 unspecified atom stereocenters. The van der Waals surface area contributed by atoms with Gasteiger partial charge >= 0.3 is 0 Å². The summed E-state index contributed by atoms with van der Waals surface area (Å²) < 4.78 is 0. The van der Waals surface area contributed by atoms with E-state index in [1.54, 1.807) is 18.2 Å². The predicted molar refractivity (Wildman–Crippen MR) is 99.8 cm³/mol. The Morgan fingerprint density at radius 2 is 1.33 bits per heavy atom. The summed E-state index contributed by atoms with van der Waals surface area (Å²) in [5.41, 5.74) is 2.39. The van der Waals surface area contributed by atoms with Gasteiger partial charge < -0.3 is 5.32 Å². The molecule has 0 aromatic heterocycles. The van der Waals surface area contributed by atoms with Gasteiger partial charge in [-0.2, -0.15) is 0 Å². The molecule has 0 saturated carbocycles. The van der Waals surface area contributed by atoms with E-state index in [1.165, 1.54) is 0 Å². The first kappa shape index (κ1) is 16.6. The molecule has 0 radical (unpaired) electrons. The monoisotopic (exact) mass is 355 g/mol. The lowest BCUT2D eigenvalue weighted by atomic mass is 9.90. The summed E-state index contributed by atoms with van der Waals surface area (Å²) in [6.45, 7) is 0. The van der Waals surface area contributed by atoms with E-state index in [0.717, 1.165) is 11.1 Å². The quantitative estimate of drug-likeness (QED) is 0.632. The minimum Gasteiger partial charge on any atom is -0.324 e. The van der Waals surface area contributed by atoms with Crippen molar-refractivity contribution in [3.63, 3.8) is 0 Å². The fourth-order valence-electron chi connectivity index (χ4n) is 2.58. The number of carbonyl (C=O) groups excluding carboxylic acids is 1. The van der Waals surface area contributed by atoms with Crippen LogP contribution in [0.3, 0.4) is 0 Å². The SMILES string of the molecule is O=C(Nc1ccc(Cl)cc1Cl)C(c1ccccc1)c1ccccc1. The molecule has 1 amide bonds. The summed E-state index contributed by atoms with van der Waals surface area (Å²) in [4.78, 5) is 12.9. The van der Waals surface area contributed by atoms with Gasteiger partial charge in [0.1, 0.15) is 0 Å². The second-order valence-corrected chi connectivity index (χ2v) is 6.21. The Bertz CT molecular complexity index is 795. The van der Waals surface area contributed by atoms with Gasteiger partial charge in [-0.3, -0.25) is 4.79 Å². The van der Waals surface area contributed by atoms with E-state index in [9.17, 15) is 4.79 Å². The van der Waals surface area contributed by atoms with E-state index >= 15 is 0 Å². The predicted octanol–water partition coefficient (Wildman–Crippen LogP) is 5.76. The molecule has 0 aliphatic heterocycles. The number of nitrogens with one attached hydrogen (secondary N) is 1. The van der Waals surface area contributed by atoms with Crippen molar-refractivity contribution >= 4 is 34.8 Å². The molecular formula is C20H15Cl2NO. The molecule has 3 aromatic carbocycles. The number of amides is 1. The van der Waals surface area contributed by atoms with Crippen LogP contribution in [0.2, 0.25) is 10.0 Å². The highest BCUT2D eigenvalue weighted by molar-refractivity contribution is 6.36. The molecule has 0 atom stereocenters. The molecule has 4 heteroatoms. The second-order valence-electron chi connectivity index (χ2n) is 5.37. The number of carbonyl (C=O) groups is 1. The van der Waals surface area contributed by atoms with Gasteiger partial charge in [0, 0.05) is 5.02 Å². The van der Waals surface area contributed by atoms with Crippen molar-refractivity contribution in [3.05, 3.63) is 100 Å². The third-order valence-electron chi connectivity index (χ3n) is 3.72. The third kappa shape index (κ3) is 3.78. The zero-order valence-electron chi connectivity index (χ0n) is 12.7. The number of benzene rings is 3. The highest BCUT2D eigenvalue weighted by atomic mass is 35.5. The van der Waals surface area contributed by atoms with Crippen molar-refractivity contribution in [2.45, 2.75) is 5.92 Å². The van der Waals surface area contributed by atoms with E-state index in [4.69, 9.17) is 23.2 Å². The van der Waals surface area contributed by atoms with E-state index in [-0.39, 0.29) is 5.91 Å². The largest absolute Gasteiger partial charge is 0.324 e. The maximum Gasteiger partial charge on any atom is 0.236 e. The fourth-order valence-corrected chi connectivity index (χ4v) is 3.04. The molecule has 0 fully saturated rings. The Morgan fingerprint density at radius 3 is 1.83 bits per heavy atom. The van der Waals surface area contributed by atoms with Crippen molar-refractivity contribution in [3.8, 4) is 0 Å². The smallest absolute Gasteiger partial charge is 0.236 e.